The lowest BCUT2D eigenvalue weighted by molar-refractivity contribution is -0.130. The van der Waals surface area contributed by atoms with Gasteiger partial charge in [-0.25, -0.2) is 0 Å². The van der Waals surface area contributed by atoms with Crippen LogP contribution in [0.5, 0.6) is 0 Å². The first-order valence-corrected chi connectivity index (χ1v) is 5.22. The van der Waals surface area contributed by atoms with Crippen LogP contribution in [-0.4, -0.2) is 23.0 Å². The van der Waals surface area contributed by atoms with E-state index in [-0.39, 0.29) is 5.91 Å². The second-order valence-electron chi connectivity index (χ2n) is 3.80. The molecule has 1 rings (SSSR count). The third-order valence-corrected chi connectivity index (χ3v) is 2.47. The Hall–Kier alpha value is -1.32. The van der Waals surface area contributed by atoms with Crippen molar-refractivity contribution in [3.05, 3.63) is 17.0 Å². The number of hydrogen-bond acceptors (Lipinski definition) is 3. The van der Waals surface area contributed by atoms with Crippen LogP contribution >= 0.6 is 0 Å². The van der Waals surface area contributed by atoms with Crippen LogP contribution < -0.4 is 0 Å². The number of hydrogen-bond donors (Lipinski definition) is 0. The second kappa shape index (κ2) is 4.96. The topological polar surface area (TPSA) is 46.3 Å². The minimum atomic E-state index is 0.164. The first-order valence-electron chi connectivity index (χ1n) is 5.22. The number of amides is 1. The third kappa shape index (κ3) is 2.81. The Morgan fingerprint density at radius 1 is 1.47 bits per heavy atom. The molecule has 0 aliphatic heterocycles. The fourth-order valence-electron chi connectivity index (χ4n) is 1.46. The molecular weight excluding hydrogens is 192 g/mol. The molecule has 0 aromatic carbocycles. The minimum absolute atomic E-state index is 0.164. The van der Waals surface area contributed by atoms with Gasteiger partial charge >= 0.3 is 0 Å². The summed E-state index contributed by atoms with van der Waals surface area (Å²) in [7, 11) is 1.81. The van der Waals surface area contributed by atoms with Crippen molar-refractivity contribution < 1.29 is 9.32 Å². The second-order valence-corrected chi connectivity index (χ2v) is 3.80. The van der Waals surface area contributed by atoms with Gasteiger partial charge in [0.1, 0.15) is 5.76 Å². The molecule has 1 heterocycles. The van der Waals surface area contributed by atoms with Crippen LogP contribution in [0.3, 0.4) is 0 Å². The van der Waals surface area contributed by atoms with Gasteiger partial charge in [-0.3, -0.25) is 4.79 Å². The van der Waals surface area contributed by atoms with Crippen molar-refractivity contribution in [2.24, 2.45) is 0 Å². The Bertz CT molecular complexity index is 325. The highest BCUT2D eigenvalue weighted by Gasteiger charge is 2.14. The van der Waals surface area contributed by atoms with Crippen LogP contribution in [0.4, 0.5) is 0 Å². The highest BCUT2D eigenvalue weighted by molar-refractivity contribution is 5.75. The molecule has 84 valence electrons. The molecule has 0 saturated heterocycles. The van der Waals surface area contributed by atoms with Crippen molar-refractivity contribution in [2.75, 3.05) is 7.05 Å². The van der Waals surface area contributed by atoms with E-state index in [9.17, 15) is 4.79 Å². The Kier molecular flexibility index (Phi) is 3.88. The van der Waals surface area contributed by atoms with Gasteiger partial charge in [-0.2, -0.15) is 0 Å². The van der Waals surface area contributed by atoms with Gasteiger partial charge in [0.05, 0.1) is 12.2 Å². The lowest BCUT2D eigenvalue weighted by Crippen LogP contribution is -2.26. The maximum absolute atomic E-state index is 11.6. The maximum atomic E-state index is 11.6. The fourth-order valence-corrected chi connectivity index (χ4v) is 1.46. The van der Waals surface area contributed by atoms with Crippen LogP contribution in [0.1, 0.15) is 36.8 Å². The molecule has 0 bridgehead atoms. The van der Waals surface area contributed by atoms with E-state index in [0.717, 1.165) is 23.4 Å². The van der Waals surface area contributed by atoms with Crippen LogP contribution in [0.25, 0.3) is 0 Å². The van der Waals surface area contributed by atoms with Crippen molar-refractivity contribution in [2.45, 2.75) is 40.2 Å². The van der Waals surface area contributed by atoms with E-state index >= 15 is 0 Å². The van der Waals surface area contributed by atoms with E-state index in [1.165, 1.54) is 0 Å². The molecule has 4 nitrogen and oxygen atoms in total. The summed E-state index contributed by atoms with van der Waals surface area (Å²) in [5.41, 5.74) is 1.88. The molecule has 0 N–H and O–H groups in total. The molecular formula is C11H18N2O2. The summed E-state index contributed by atoms with van der Waals surface area (Å²) in [5, 5.41) is 3.86. The van der Waals surface area contributed by atoms with Crippen molar-refractivity contribution >= 4 is 5.91 Å². The molecule has 0 fully saturated rings. The summed E-state index contributed by atoms with van der Waals surface area (Å²) in [6.07, 6.45) is 1.48. The summed E-state index contributed by atoms with van der Waals surface area (Å²) in [4.78, 5) is 13.3. The van der Waals surface area contributed by atoms with E-state index in [4.69, 9.17) is 4.52 Å². The van der Waals surface area contributed by atoms with Crippen molar-refractivity contribution in [3.63, 3.8) is 0 Å². The van der Waals surface area contributed by atoms with E-state index in [2.05, 4.69) is 5.16 Å². The van der Waals surface area contributed by atoms with Crippen LogP contribution in [0.15, 0.2) is 4.52 Å². The molecule has 0 aliphatic rings. The third-order valence-electron chi connectivity index (χ3n) is 2.47. The zero-order valence-corrected chi connectivity index (χ0v) is 9.83. The quantitative estimate of drug-likeness (QED) is 0.764. The number of aromatic nitrogens is 1. The van der Waals surface area contributed by atoms with Crippen molar-refractivity contribution in [1.29, 1.82) is 0 Å². The standard InChI is InChI=1S/C11H18N2O2/c1-5-6-11(14)13(4)7-10-8(2)12-15-9(10)3/h5-7H2,1-4H3. The summed E-state index contributed by atoms with van der Waals surface area (Å²) >= 11 is 0. The zero-order valence-electron chi connectivity index (χ0n) is 9.83. The average Bonchev–Trinajstić information content (AvgIpc) is 2.49. The van der Waals surface area contributed by atoms with Gasteiger partial charge in [0.2, 0.25) is 5.91 Å². The molecule has 1 amide bonds. The molecule has 4 heteroatoms. The first-order chi connectivity index (χ1) is 7.06. The molecule has 0 radical (unpaired) electrons. The molecule has 1 aromatic heterocycles. The molecule has 0 spiro atoms. The molecule has 0 saturated carbocycles. The van der Waals surface area contributed by atoms with Crippen molar-refractivity contribution in [3.8, 4) is 0 Å². The fraction of sp³-hybridized carbons (Fsp3) is 0.636. The van der Waals surface area contributed by atoms with Gasteiger partial charge in [0.15, 0.2) is 0 Å². The zero-order chi connectivity index (χ0) is 11.4. The molecule has 0 aliphatic carbocycles. The van der Waals surface area contributed by atoms with E-state index in [0.29, 0.717) is 13.0 Å². The lowest BCUT2D eigenvalue weighted by Gasteiger charge is -2.16. The largest absolute Gasteiger partial charge is 0.361 e. The molecule has 0 unspecified atom stereocenters. The van der Waals surface area contributed by atoms with Gasteiger partial charge < -0.3 is 9.42 Å². The van der Waals surface area contributed by atoms with E-state index in [1.54, 1.807) is 4.90 Å². The maximum Gasteiger partial charge on any atom is 0.222 e. The SMILES string of the molecule is CCCC(=O)N(C)Cc1c(C)noc1C. The van der Waals surface area contributed by atoms with Gasteiger partial charge in [0.25, 0.3) is 0 Å². The first kappa shape index (κ1) is 11.8. The smallest absolute Gasteiger partial charge is 0.222 e. The summed E-state index contributed by atoms with van der Waals surface area (Å²) < 4.78 is 5.05. The minimum Gasteiger partial charge on any atom is -0.361 e. The van der Waals surface area contributed by atoms with Gasteiger partial charge in [-0.1, -0.05) is 12.1 Å². The number of rotatable bonds is 4. The van der Waals surface area contributed by atoms with Gasteiger partial charge in [-0.05, 0) is 20.3 Å². The van der Waals surface area contributed by atoms with Crippen LogP contribution in [0, 0.1) is 13.8 Å². The van der Waals surface area contributed by atoms with Crippen LogP contribution in [0.2, 0.25) is 0 Å². The Labute approximate surface area is 90.2 Å². The predicted octanol–water partition coefficient (Wildman–Crippen LogP) is 2.05. The molecule has 15 heavy (non-hydrogen) atoms. The average molecular weight is 210 g/mol. The highest BCUT2D eigenvalue weighted by Crippen LogP contribution is 2.14. The Morgan fingerprint density at radius 3 is 2.60 bits per heavy atom. The molecule has 0 atom stereocenters. The van der Waals surface area contributed by atoms with E-state index < -0.39 is 0 Å². The van der Waals surface area contributed by atoms with Gasteiger partial charge in [-0.15, -0.1) is 0 Å². The van der Waals surface area contributed by atoms with Crippen LogP contribution in [-0.2, 0) is 11.3 Å². The summed E-state index contributed by atoms with van der Waals surface area (Å²) in [6, 6.07) is 0. The normalized spacial score (nSPS) is 10.4. The lowest BCUT2D eigenvalue weighted by atomic mass is 10.2. The highest BCUT2D eigenvalue weighted by atomic mass is 16.5. The Morgan fingerprint density at radius 2 is 2.13 bits per heavy atom. The Balaban J connectivity index is 2.66. The number of aryl methyl sites for hydroxylation is 2. The number of carbonyl (C=O) groups is 1. The summed E-state index contributed by atoms with van der Waals surface area (Å²) in [6.45, 7) is 6.35. The monoisotopic (exact) mass is 210 g/mol. The molecule has 1 aromatic rings. The van der Waals surface area contributed by atoms with Gasteiger partial charge in [0, 0.05) is 19.0 Å². The number of carbonyl (C=O) groups excluding carboxylic acids is 1. The van der Waals surface area contributed by atoms with E-state index in [1.807, 2.05) is 27.8 Å². The summed E-state index contributed by atoms with van der Waals surface area (Å²) in [5.74, 6) is 0.959. The number of nitrogens with zero attached hydrogens (tertiary/aromatic N) is 2. The predicted molar refractivity (Wildman–Crippen MR) is 57.4 cm³/mol. The van der Waals surface area contributed by atoms with Crippen molar-refractivity contribution in [1.82, 2.24) is 10.1 Å².